The van der Waals surface area contributed by atoms with Crippen LogP contribution >= 0.6 is 0 Å². The minimum Gasteiger partial charge on any atom is -0.477 e. The maximum absolute atomic E-state index is 11.1. The molecule has 1 aliphatic carbocycles. The summed E-state index contributed by atoms with van der Waals surface area (Å²) in [5.74, 6) is -0.893. The number of aromatic nitrogens is 1. The van der Waals surface area contributed by atoms with Crippen LogP contribution in [0.4, 0.5) is 11.5 Å². The number of carboxylic acids is 1. The van der Waals surface area contributed by atoms with Crippen LogP contribution in [0.5, 0.6) is 0 Å². The third-order valence-corrected chi connectivity index (χ3v) is 3.11. The Kier molecular flexibility index (Phi) is 4.14. The largest absolute Gasteiger partial charge is 0.477 e. The van der Waals surface area contributed by atoms with E-state index in [0.29, 0.717) is 25.0 Å². The fraction of sp³-hybridized carbons (Fsp3) is 0.500. The van der Waals surface area contributed by atoms with E-state index in [0.717, 1.165) is 19.0 Å². The molecule has 0 unspecified atom stereocenters. The van der Waals surface area contributed by atoms with Gasteiger partial charge in [0.15, 0.2) is 0 Å². The second kappa shape index (κ2) is 5.83. The normalized spacial score (nSPS) is 14.1. The van der Waals surface area contributed by atoms with Gasteiger partial charge in [-0.2, -0.15) is 0 Å². The maximum Gasteiger partial charge on any atom is 0.342 e. The van der Waals surface area contributed by atoms with E-state index in [-0.39, 0.29) is 5.56 Å². The molecule has 1 heterocycles. The fourth-order valence-electron chi connectivity index (χ4n) is 1.97. The Morgan fingerprint density at radius 1 is 1.65 bits per heavy atom. The highest BCUT2D eigenvalue weighted by molar-refractivity contribution is 5.93. The van der Waals surface area contributed by atoms with Gasteiger partial charge in [-0.1, -0.05) is 0 Å². The van der Waals surface area contributed by atoms with Crippen molar-refractivity contribution in [2.75, 3.05) is 25.2 Å². The van der Waals surface area contributed by atoms with E-state index in [9.17, 15) is 14.9 Å². The molecule has 20 heavy (non-hydrogen) atoms. The number of anilines is 1. The topological polar surface area (TPSA) is 106 Å². The van der Waals surface area contributed by atoms with Crippen LogP contribution in [0.2, 0.25) is 0 Å². The Morgan fingerprint density at radius 3 is 2.85 bits per heavy atom. The van der Waals surface area contributed by atoms with E-state index < -0.39 is 16.6 Å². The molecular weight excluding hydrogens is 266 g/mol. The molecule has 2 rings (SSSR count). The first-order valence-electron chi connectivity index (χ1n) is 6.18. The Morgan fingerprint density at radius 2 is 2.35 bits per heavy atom. The lowest BCUT2D eigenvalue weighted by atomic mass is 10.2. The van der Waals surface area contributed by atoms with E-state index in [4.69, 9.17) is 9.84 Å². The van der Waals surface area contributed by atoms with Gasteiger partial charge in [0.25, 0.3) is 0 Å². The zero-order valence-electron chi connectivity index (χ0n) is 11.0. The summed E-state index contributed by atoms with van der Waals surface area (Å²) < 4.78 is 5.02. The third kappa shape index (κ3) is 3.02. The molecule has 0 amide bonds. The molecule has 1 saturated carbocycles. The zero-order valence-corrected chi connectivity index (χ0v) is 11.0. The van der Waals surface area contributed by atoms with Crippen molar-refractivity contribution in [3.8, 4) is 0 Å². The van der Waals surface area contributed by atoms with Gasteiger partial charge < -0.3 is 14.7 Å². The van der Waals surface area contributed by atoms with Gasteiger partial charge in [0, 0.05) is 25.8 Å². The van der Waals surface area contributed by atoms with Gasteiger partial charge in [-0.3, -0.25) is 10.1 Å². The second-order valence-corrected chi connectivity index (χ2v) is 4.54. The molecule has 108 valence electrons. The van der Waals surface area contributed by atoms with Crippen molar-refractivity contribution >= 4 is 17.5 Å². The van der Waals surface area contributed by atoms with Crippen LogP contribution in [0.1, 0.15) is 23.2 Å². The first kappa shape index (κ1) is 14.2. The molecule has 0 radical (unpaired) electrons. The smallest absolute Gasteiger partial charge is 0.342 e. The maximum atomic E-state index is 11.1. The van der Waals surface area contributed by atoms with Crippen molar-refractivity contribution < 1.29 is 19.6 Å². The van der Waals surface area contributed by atoms with Crippen LogP contribution in [-0.2, 0) is 4.74 Å². The first-order valence-corrected chi connectivity index (χ1v) is 6.18. The Balaban J connectivity index is 2.33. The molecule has 0 aromatic carbocycles. The highest BCUT2D eigenvalue weighted by atomic mass is 16.6. The summed E-state index contributed by atoms with van der Waals surface area (Å²) >= 11 is 0. The van der Waals surface area contributed by atoms with E-state index in [1.165, 1.54) is 6.07 Å². The summed E-state index contributed by atoms with van der Waals surface area (Å²) in [4.78, 5) is 27.1. The summed E-state index contributed by atoms with van der Waals surface area (Å²) in [6, 6.07) is 1.56. The molecule has 1 fully saturated rings. The van der Waals surface area contributed by atoms with Crippen LogP contribution in [-0.4, -0.2) is 47.3 Å². The minimum atomic E-state index is -1.33. The molecule has 1 aromatic heterocycles. The van der Waals surface area contributed by atoms with Gasteiger partial charge in [-0.05, 0) is 12.8 Å². The number of rotatable bonds is 7. The van der Waals surface area contributed by atoms with Crippen molar-refractivity contribution in [2.45, 2.75) is 18.9 Å². The van der Waals surface area contributed by atoms with Crippen LogP contribution in [0.25, 0.3) is 0 Å². The number of ether oxygens (including phenoxy) is 1. The van der Waals surface area contributed by atoms with Gasteiger partial charge >= 0.3 is 11.7 Å². The number of hydrogen-bond acceptors (Lipinski definition) is 6. The number of pyridine rings is 1. The van der Waals surface area contributed by atoms with Crippen LogP contribution in [0, 0.1) is 10.1 Å². The third-order valence-electron chi connectivity index (χ3n) is 3.11. The van der Waals surface area contributed by atoms with Crippen molar-refractivity contribution in [1.82, 2.24) is 4.98 Å². The number of carboxylic acid groups (broad SMARTS) is 1. The molecule has 8 nitrogen and oxygen atoms in total. The van der Waals surface area contributed by atoms with Crippen LogP contribution < -0.4 is 4.90 Å². The molecule has 8 heteroatoms. The minimum absolute atomic E-state index is 0.306. The fourth-order valence-corrected chi connectivity index (χ4v) is 1.97. The SMILES string of the molecule is COCCN(c1cc(C(=O)O)c([N+](=O)[O-])cn1)C1CC1. The van der Waals surface area contributed by atoms with E-state index in [1.807, 2.05) is 4.90 Å². The number of hydrogen-bond donors (Lipinski definition) is 1. The highest BCUT2D eigenvalue weighted by Crippen LogP contribution is 2.32. The van der Waals surface area contributed by atoms with Crippen molar-refractivity contribution in [3.63, 3.8) is 0 Å². The molecule has 0 saturated heterocycles. The van der Waals surface area contributed by atoms with E-state index in [1.54, 1.807) is 7.11 Å². The molecule has 0 bridgehead atoms. The molecule has 1 aromatic rings. The lowest BCUT2D eigenvalue weighted by molar-refractivity contribution is -0.385. The van der Waals surface area contributed by atoms with Gasteiger partial charge in [0.05, 0.1) is 11.5 Å². The van der Waals surface area contributed by atoms with Gasteiger partial charge in [-0.15, -0.1) is 0 Å². The average molecular weight is 281 g/mol. The Hall–Kier alpha value is -2.22. The quantitative estimate of drug-likeness (QED) is 0.593. The van der Waals surface area contributed by atoms with Crippen molar-refractivity contribution in [2.24, 2.45) is 0 Å². The predicted octanol–water partition coefficient (Wildman–Crippen LogP) is 1.30. The van der Waals surface area contributed by atoms with Crippen molar-refractivity contribution in [3.05, 3.63) is 27.9 Å². The first-order chi connectivity index (χ1) is 9.54. The summed E-state index contributed by atoms with van der Waals surface area (Å²) in [6.45, 7) is 1.06. The summed E-state index contributed by atoms with van der Waals surface area (Å²) in [5.41, 5.74) is -0.841. The van der Waals surface area contributed by atoms with Crippen molar-refractivity contribution in [1.29, 1.82) is 0 Å². The predicted molar refractivity (Wildman–Crippen MR) is 70.1 cm³/mol. The standard InChI is InChI=1S/C12H15N3O5/c1-20-5-4-14(8-2-3-8)11-6-9(12(16)17)10(7-13-11)15(18)19/h6-8H,2-5H2,1H3,(H,16,17). The molecule has 1 N–H and O–H groups in total. The van der Waals surface area contributed by atoms with Gasteiger partial charge in [0.1, 0.15) is 17.6 Å². The second-order valence-electron chi connectivity index (χ2n) is 4.54. The molecule has 0 atom stereocenters. The molecular formula is C12H15N3O5. The highest BCUT2D eigenvalue weighted by Gasteiger charge is 2.31. The number of nitro groups is 1. The molecule has 1 aliphatic rings. The monoisotopic (exact) mass is 281 g/mol. The Bertz CT molecular complexity index is 530. The summed E-state index contributed by atoms with van der Waals surface area (Å²) in [6.07, 6.45) is 3.01. The van der Waals surface area contributed by atoms with Gasteiger partial charge in [0.2, 0.25) is 0 Å². The zero-order chi connectivity index (χ0) is 14.7. The number of methoxy groups -OCH3 is 1. The number of aromatic carboxylic acids is 1. The summed E-state index contributed by atoms with van der Waals surface area (Å²) in [7, 11) is 1.58. The number of nitrogens with zero attached hydrogens (tertiary/aromatic N) is 3. The van der Waals surface area contributed by atoms with Crippen LogP contribution in [0.3, 0.4) is 0 Å². The average Bonchev–Trinajstić information content (AvgIpc) is 3.23. The molecule has 0 spiro atoms. The lowest BCUT2D eigenvalue weighted by Crippen LogP contribution is -2.30. The van der Waals surface area contributed by atoms with E-state index >= 15 is 0 Å². The number of carbonyl (C=O) groups is 1. The Labute approximate surface area is 115 Å². The van der Waals surface area contributed by atoms with Crippen LogP contribution in [0.15, 0.2) is 12.3 Å². The summed E-state index contributed by atoms with van der Waals surface area (Å²) in [5, 5.41) is 19.9. The molecule has 0 aliphatic heterocycles. The van der Waals surface area contributed by atoms with Gasteiger partial charge in [-0.25, -0.2) is 9.78 Å². The lowest BCUT2D eigenvalue weighted by Gasteiger charge is -2.23. The van der Waals surface area contributed by atoms with E-state index in [2.05, 4.69) is 4.98 Å².